The number of rotatable bonds is 9. The minimum atomic E-state index is 0.461. The first-order chi connectivity index (χ1) is 23.2. The molecule has 1 unspecified atom stereocenters. The summed E-state index contributed by atoms with van der Waals surface area (Å²) < 4.78 is 11.1. The van der Waals surface area contributed by atoms with E-state index in [1.807, 2.05) is 12.3 Å². The van der Waals surface area contributed by atoms with Crippen molar-refractivity contribution < 1.29 is 4.74 Å². The molecule has 0 saturated heterocycles. The Morgan fingerprint density at radius 1 is 0.750 bits per heavy atom. The van der Waals surface area contributed by atoms with Crippen LogP contribution >= 0.6 is 0 Å². The van der Waals surface area contributed by atoms with Crippen molar-refractivity contribution in [1.82, 2.24) is 19.3 Å². The highest BCUT2D eigenvalue weighted by Crippen LogP contribution is 2.38. The highest BCUT2D eigenvalue weighted by molar-refractivity contribution is 6.09. The van der Waals surface area contributed by atoms with Crippen LogP contribution < -0.4 is 4.74 Å². The van der Waals surface area contributed by atoms with Crippen molar-refractivity contribution in [1.29, 1.82) is 0 Å². The maximum Gasteiger partial charge on any atom is 0.137 e. The fourth-order valence-corrected chi connectivity index (χ4v) is 6.95. The van der Waals surface area contributed by atoms with Crippen LogP contribution in [0.4, 0.5) is 0 Å². The Balaban J connectivity index is 1.34. The van der Waals surface area contributed by atoms with Gasteiger partial charge < -0.3 is 4.74 Å². The predicted octanol–water partition coefficient (Wildman–Crippen LogP) is 11.5. The fourth-order valence-electron chi connectivity index (χ4n) is 6.95. The molecule has 0 N–H and O–H groups in total. The van der Waals surface area contributed by atoms with Crippen LogP contribution in [-0.2, 0) is 6.42 Å². The van der Waals surface area contributed by atoms with Crippen molar-refractivity contribution in [2.75, 3.05) is 0 Å². The SMILES string of the molecule is CCCc1cc(Oc2ccc3c4cc(C(C)C(C)C)ccc4n(-c4cc(C)ccn4)c3c2)cc(-n2nc(C)c(-c3ccccc3)c2C)c1. The molecule has 3 aromatic heterocycles. The van der Waals surface area contributed by atoms with Crippen LogP contribution in [0, 0.1) is 26.7 Å². The summed E-state index contributed by atoms with van der Waals surface area (Å²) in [5, 5.41) is 7.43. The molecule has 0 fully saturated rings. The van der Waals surface area contributed by atoms with E-state index in [9.17, 15) is 0 Å². The Hall–Kier alpha value is -5.16. The molecule has 0 aliphatic carbocycles. The lowest BCUT2D eigenvalue weighted by Crippen LogP contribution is -2.02. The second-order valence-corrected chi connectivity index (χ2v) is 13.5. The van der Waals surface area contributed by atoms with Gasteiger partial charge in [-0.25, -0.2) is 9.67 Å². The molecule has 5 heteroatoms. The van der Waals surface area contributed by atoms with Crippen molar-refractivity contribution >= 4 is 21.8 Å². The van der Waals surface area contributed by atoms with E-state index in [1.165, 1.54) is 38.6 Å². The van der Waals surface area contributed by atoms with Gasteiger partial charge in [0, 0.05) is 40.4 Å². The topological polar surface area (TPSA) is 44.9 Å². The summed E-state index contributed by atoms with van der Waals surface area (Å²) in [6.45, 7) is 15.4. The zero-order valence-corrected chi connectivity index (χ0v) is 29.1. The number of benzene rings is 4. The van der Waals surface area contributed by atoms with Crippen LogP contribution in [0.25, 0.3) is 44.4 Å². The van der Waals surface area contributed by atoms with Crippen LogP contribution in [0.5, 0.6) is 11.5 Å². The first-order valence-electron chi connectivity index (χ1n) is 17.2. The molecular weight excluding hydrogens is 589 g/mol. The first-order valence-corrected chi connectivity index (χ1v) is 17.2. The molecule has 0 spiro atoms. The van der Waals surface area contributed by atoms with E-state index in [2.05, 4.69) is 149 Å². The molecule has 3 heterocycles. The van der Waals surface area contributed by atoms with Gasteiger partial charge in [0.05, 0.1) is 22.4 Å². The van der Waals surface area contributed by atoms with Gasteiger partial charge in [-0.3, -0.25) is 4.57 Å². The van der Waals surface area contributed by atoms with Crippen molar-refractivity contribution in [3.8, 4) is 34.1 Å². The Kier molecular flexibility index (Phi) is 8.38. The molecule has 1 atom stereocenters. The predicted molar refractivity (Wildman–Crippen MR) is 199 cm³/mol. The smallest absolute Gasteiger partial charge is 0.137 e. The lowest BCUT2D eigenvalue weighted by atomic mass is 9.89. The molecule has 0 radical (unpaired) electrons. The number of hydrogen-bond donors (Lipinski definition) is 0. The second-order valence-electron chi connectivity index (χ2n) is 13.5. The van der Waals surface area contributed by atoms with Gasteiger partial charge in [0.15, 0.2) is 0 Å². The number of nitrogens with zero attached hydrogens (tertiary/aromatic N) is 4. The number of pyridine rings is 1. The summed E-state index contributed by atoms with van der Waals surface area (Å²) in [6, 6.07) is 34.6. The Morgan fingerprint density at radius 3 is 2.31 bits per heavy atom. The summed E-state index contributed by atoms with van der Waals surface area (Å²) in [4.78, 5) is 4.81. The molecule has 0 bridgehead atoms. The average Bonchev–Trinajstić information content (AvgIpc) is 3.56. The summed E-state index contributed by atoms with van der Waals surface area (Å²) in [6.07, 6.45) is 3.89. The lowest BCUT2D eigenvalue weighted by Gasteiger charge is -2.16. The summed E-state index contributed by atoms with van der Waals surface area (Å²) >= 11 is 0. The summed E-state index contributed by atoms with van der Waals surface area (Å²) in [7, 11) is 0. The fraction of sp³-hybridized carbons (Fsp3) is 0.256. The molecule has 7 rings (SSSR count). The molecule has 7 aromatic rings. The van der Waals surface area contributed by atoms with Crippen LogP contribution in [-0.4, -0.2) is 19.3 Å². The third-order valence-electron chi connectivity index (χ3n) is 9.74. The minimum absolute atomic E-state index is 0.461. The van der Waals surface area contributed by atoms with Gasteiger partial charge in [-0.05, 0) is 110 Å². The largest absolute Gasteiger partial charge is 0.457 e. The van der Waals surface area contributed by atoms with Gasteiger partial charge in [0.25, 0.3) is 0 Å². The van der Waals surface area contributed by atoms with Gasteiger partial charge in [-0.1, -0.05) is 70.5 Å². The second kappa shape index (κ2) is 12.8. The van der Waals surface area contributed by atoms with E-state index >= 15 is 0 Å². The third-order valence-corrected chi connectivity index (χ3v) is 9.74. The van der Waals surface area contributed by atoms with Crippen molar-refractivity contribution in [3.63, 3.8) is 0 Å². The summed E-state index contributed by atoms with van der Waals surface area (Å²) in [5.74, 6) is 3.51. The van der Waals surface area contributed by atoms with Crippen molar-refractivity contribution in [2.24, 2.45) is 5.92 Å². The number of fused-ring (bicyclic) bond motifs is 3. The highest BCUT2D eigenvalue weighted by Gasteiger charge is 2.19. The van der Waals surface area contributed by atoms with Gasteiger partial charge in [-0.15, -0.1) is 0 Å². The Labute approximate surface area is 283 Å². The molecule has 0 aliphatic heterocycles. The van der Waals surface area contributed by atoms with Crippen molar-refractivity contribution in [2.45, 2.75) is 67.2 Å². The highest BCUT2D eigenvalue weighted by atomic mass is 16.5. The Morgan fingerprint density at radius 2 is 1.56 bits per heavy atom. The third kappa shape index (κ3) is 5.79. The van der Waals surface area contributed by atoms with E-state index in [-0.39, 0.29) is 0 Å². The number of ether oxygens (including phenoxy) is 1. The zero-order chi connectivity index (χ0) is 33.5. The Bertz CT molecular complexity index is 2260. The molecule has 242 valence electrons. The first kappa shape index (κ1) is 31.4. The van der Waals surface area contributed by atoms with E-state index in [1.54, 1.807) is 0 Å². The standard InChI is InChI=1S/C43H44N4O/c1-8-12-32-22-35(47-31(7)43(30(6)45-47)33-13-10-9-11-14-33)25-37(23-32)48-36-16-17-38-39-24-34(29(5)27(2)3)15-18-40(39)46(41(38)26-36)42-21-28(4)19-20-44-42/h9-11,13-27,29H,8,12H2,1-7H3. The van der Waals surface area contributed by atoms with Crippen molar-refractivity contribution in [3.05, 3.63) is 131 Å². The molecule has 0 saturated carbocycles. The average molecular weight is 633 g/mol. The normalized spacial score (nSPS) is 12.3. The molecule has 5 nitrogen and oxygen atoms in total. The van der Waals surface area contributed by atoms with Crippen LogP contribution in [0.15, 0.2) is 103 Å². The van der Waals surface area contributed by atoms with E-state index in [4.69, 9.17) is 14.8 Å². The molecule has 0 aliphatic rings. The lowest BCUT2D eigenvalue weighted by molar-refractivity contribution is 0.482. The molecule has 0 amide bonds. The van der Waals surface area contributed by atoms with Crippen LogP contribution in [0.2, 0.25) is 0 Å². The van der Waals surface area contributed by atoms with Gasteiger partial charge in [0.2, 0.25) is 0 Å². The van der Waals surface area contributed by atoms with Gasteiger partial charge in [0.1, 0.15) is 17.3 Å². The molecule has 48 heavy (non-hydrogen) atoms. The van der Waals surface area contributed by atoms with E-state index in [0.717, 1.165) is 58.3 Å². The monoisotopic (exact) mass is 632 g/mol. The quantitative estimate of drug-likeness (QED) is 0.159. The maximum absolute atomic E-state index is 6.73. The van der Waals surface area contributed by atoms with Crippen LogP contribution in [0.1, 0.15) is 68.1 Å². The van der Waals surface area contributed by atoms with Gasteiger partial charge >= 0.3 is 0 Å². The summed E-state index contributed by atoms with van der Waals surface area (Å²) in [5.41, 5.74) is 11.5. The van der Waals surface area contributed by atoms with E-state index < -0.39 is 0 Å². The number of hydrogen-bond acceptors (Lipinski definition) is 3. The maximum atomic E-state index is 6.73. The number of aryl methyl sites for hydroxylation is 3. The molecule has 4 aromatic carbocycles. The van der Waals surface area contributed by atoms with Crippen LogP contribution in [0.3, 0.4) is 0 Å². The minimum Gasteiger partial charge on any atom is -0.457 e. The van der Waals surface area contributed by atoms with E-state index in [0.29, 0.717) is 11.8 Å². The van der Waals surface area contributed by atoms with Gasteiger partial charge in [-0.2, -0.15) is 5.10 Å². The number of aromatic nitrogens is 4. The molecular formula is C43H44N4O. The zero-order valence-electron chi connectivity index (χ0n) is 29.1.